The molecule has 5 rings (SSSR count). The van der Waals surface area contributed by atoms with Crippen LogP contribution in [0.4, 0.5) is 5.82 Å². The molecule has 1 N–H and O–H groups in total. The van der Waals surface area contributed by atoms with Gasteiger partial charge in [0.1, 0.15) is 17.0 Å². The first-order chi connectivity index (χ1) is 17.1. The average Bonchev–Trinajstić information content (AvgIpc) is 3.32. The van der Waals surface area contributed by atoms with Gasteiger partial charge in [-0.3, -0.25) is 9.69 Å². The van der Waals surface area contributed by atoms with E-state index in [2.05, 4.69) is 69.3 Å². The highest BCUT2D eigenvalue weighted by Crippen LogP contribution is 2.32. The van der Waals surface area contributed by atoms with Crippen molar-refractivity contribution in [1.29, 1.82) is 0 Å². The molecule has 2 fully saturated rings. The predicted molar refractivity (Wildman–Crippen MR) is 144 cm³/mol. The lowest BCUT2D eigenvalue weighted by Crippen LogP contribution is -2.45. The van der Waals surface area contributed by atoms with Crippen molar-refractivity contribution in [3.8, 4) is 0 Å². The Labute approximate surface area is 212 Å². The molecule has 186 valence electrons. The maximum absolute atomic E-state index is 13.1. The molecular formula is C28H37N5OS. The summed E-state index contributed by atoms with van der Waals surface area (Å²) in [6, 6.07) is 11.0. The highest BCUT2D eigenvalue weighted by atomic mass is 32.1. The Balaban J connectivity index is 1.11. The third-order valence-electron chi connectivity index (χ3n) is 7.56. The fourth-order valence-corrected chi connectivity index (χ4v) is 6.44. The van der Waals surface area contributed by atoms with Gasteiger partial charge in [-0.1, -0.05) is 36.8 Å². The van der Waals surface area contributed by atoms with E-state index in [0.29, 0.717) is 5.92 Å². The average molecular weight is 492 g/mol. The SMILES string of the molecule is CCc1cc2c(N3CCC[C@H](C(=O)NCC4CCN(Cc5cccc(C)c5)CC4)C3)ncnc2s1. The smallest absolute Gasteiger partial charge is 0.224 e. The van der Waals surface area contributed by atoms with E-state index in [1.807, 2.05) is 0 Å². The molecule has 1 atom stereocenters. The zero-order valence-electron chi connectivity index (χ0n) is 21.0. The summed E-state index contributed by atoms with van der Waals surface area (Å²) in [6.07, 6.45) is 6.96. The number of nitrogens with one attached hydrogen (secondary N) is 1. The molecule has 1 amide bonds. The van der Waals surface area contributed by atoms with E-state index in [4.69, 9.17) is 0 Å². The van der Waals surface area contributed by atoms with Crippen LogP contribution < -0.4 is 10.2 Å². The molecule has 0 radical (unpaired) electrons. The van der Waals surface area contributed by atoms with Crippen molar-refractivity contribution in [2.24, 2.45) is 11.8 Å². The van der Waals surface area contributed by atoms with Crippen molar-refractivity contribution < 1.29 is 4.79 Å². The van der Waals surface area contributed by atoms with Crippen LogP contribution in [0.5, 0.6) is 0 Å². The standard InChI is InChI=1S/C28H37N5OS/c1-3-24-15-25-26(30-19-31-28(25)35-24)33-11-5-8-23(18-33)27(34)29-16-21-9-12-32(13-10-21)17-22-7-4-6-20(2)14-22/h4,6-7,14-15,19,21,23H,3,5,8-13,16-18H2,1-2H3,(H,29,34)/t23-/m0/s1. The number of carbonyl (C=O) groups excluding carboxylic acids is 1. The molecule has 6 nitrogen and oxygen atoms in total. The molecule has 4 heterocycles. The molecular weight excluding hydrogens is 454 g/mol. The normalized spacial score (nSPS) is 19.8. The van der Waals surface area contributed by atoms with Gasteiger partial charge in [0.2, 0.25) is 5.91 Å². The Morgan fingerprint density at radius 3 is 2.80 bits per heavy atom. The molecule has 2 aromatic heterocycles. The quantitative estimate of drug-likeness (QED) is 0.514. The van der Waals surface area contributed by atoms with Crippen LogP contribution >= 0.6 is 11.3 Å². The first-order valence-corrected chi connectivity index (χ1v) is 13.9. The van der Waals surface area contributed by atoms with Gasteiger partial charge in [0, 0.05) is 31.1 Å². The van der Waals surface area contributed by atoms with E-state index in [9.17, 15) is 4.79 Å². The highest BCUT2D eigenvalue weighted by Gasteiger charge is 2.28. The number of fused-ring (bicyclic) bond motifs is 1. The lowest BCUT2D eigenvalue weighted by atomic mass is 9.94. The Morgan fingerprint density at radius 1 is 1.14 bits per heavy atom. The number of nitrogens with zero attached hydrogens (tertiary/aromatic N) is 4. The number of hydrogen-bond acceptors (Lipinski definition) is 6. The number of thiophene rings is 1. The van der Waals surface area contributed by atoms with Gasteiger partial charge in [-0.2, -0.15) is 0 Å². The summed E-state index contributed by atoms with van der Waals surface area (Å²) in [7, 11) is 0. The molecule has 2 aliphatic heterocycles. The zero-order chi connectivity index (χ0) is 24.2. The number of likely N-dealkylation sites (tertiary alicyclic amines) is 1. The summed E-state index contributed by atoms with van der Waals surface area (Å²) in [5.41, 5.74) is 2.72. The van der Waals surface area contributed by atoms with Crippen molar-refractivity contribution in [1.82, 2.24) is 20.2 Å². The summed E-state index contributed by atoms with van der Waals surface area (Å²) < 4.78 is 0. The third-order valence-corrected chi connectivity index (χ3v) is 8.75. The van der Waals surface area contributed by atoms with Gasteiger partial charge in [-0.05, 0) is 69.7 Å². The van der Waals surface area contributed by atoms with E-state index in [0.717, 1.165) is 87.4 Å². The Morgan fingerprint density at radius 2 is 2.00 bits per heavy atom. The molecule has 2 aliphatic rings. The predicted octanol–water partition coefficient (Wildman–Crippen LogP) is 4.81. The molecule has 2 saturated heterocycles. The molecule has 1 aromatic carbocycles. The summed E-state index contributed by atoms with van der Waals surface area (Å²) >= 11 is 1.75. The van der Waals surface area contributed by atoms with Gasteiger partial charge >= 0.3 is 0 Å². The van der Waals surface area contributed by atoms with Crippen molar-refractivity contribution >= 4 is 33.3 Å². The molecule has 0 unspecified atom stereocenters. The zero-order valence-corrected chi connectivity index (χ0v) is 21.8. The molecule has 3 aromatic rings. The van der Waals surface area contributed by atoms with Gasteiger partial charge in [-0.15, -0.1) is 11.3 Å². The number of aryl methyl sites for hydroxylation is 2. The highest BCUT2D eigenvalue weighted by molar-refractivity contribution is 7.18. The van der Waals surface area contributed by atoms with E-state index in [1.165, 1.54) is 16.0 Å². The van der Waals surface area contributed by atoms with Crippen LogP contribution in [-0.4, -0.2) is 53.5 Å². The Kier molecular flexibility index (Phi) is 7.63. The fourth-order valence-electron chi connectivity index (χ4n) is 5.51. The van der Waals surface area contributed by atoms with Crippen LogP contribution in [0, 0.1) is 18.8 Å². The van der Waals surface area contributed by atoms with Crippen LogP contribution in [-0.2, 0) is 17.8 Å². The van der Waals surface area contributed by atoms with E-state index in [1.54, 1.807) is 17.7 Å². The van der Waals surface area contributed by atoms with Crippen LogP contribution in [0.15, 0.2) is 36.7 Å². The second-order valence-corrected chi connectivity index (χ2v) is 11.3. The minimum atomic E-state index is 0.0273. The lowest BCUT2D eigenvalue weighted by Gasteiger charge is -2.34. The lowest BCUT2D eigenvalue weighted by molar-refractivity contribution is -0.125. The number of amides is 1. The van der Waals surface area contributed by atoms with Crippen molar-refractivity contribution in [2.45, 2.75) is 52.5 Å². The second kappa shape index (κ2) is 11.0. The number of carbonyl (C=O) groups is 1. The summed E-state index contributed by atoms with van der Waals surface area (Å²) in [4.78, 5) is 29.4. The number of anilines is 1. The van der Waals surface area contributed by atoms with E-state index >= 15 is 0 Å². The van der Waals surface area contributed by atoms with Crippen LogP contribution in [0.3, 0.4) is 0 Å². The van der Waals surface area contributed by atoms with Gasteiger partial charge in [0.05, 0.1) is 11.3 Å². The number of benzene rings is 1. The third kappa shape index (κ3) is 5.84. The number of rotatable bonds is 7. The van der Waals surface area contributed by atoms with Crippen molar-refractivity contribution in [2.75, 3.05) is 37.6 Å². The Hall–Kier alpha value is -2.51. The summed E-state index contributed by atoms with van der Waals surface area (Å²) in [5, 5.41) is 4.43. The van der Waals surface area contributed by atoms with Gasteiger partial charge in [0.25, 0.3) is 0 Å². The minimum absolute atomic E-state index is 0.0273. The first-order valence-electron chi connectivity index (χ1n) is 13.1. The number of hydrogen-bond donors (Lipinski definition) is 1. The topological polar surface area (TPSA) is 61.4 Å². The summed E-state index contributed by atoms with van der Waals surface area (Å²) in [5.74, 6) is 1.80. The monoisotopic (exact) mass is 491 g/mol. The summed E-state index contributed by atoms with van der Waals surface area (Å²) in [6.45, 7) is 10.1. The maximum atomic E-state index is 13.1. The molecule has 0 aliphatic carbocycles. The van der Waals surface area contributed by atoms with Gasteiger partial charge in [-0.25, -0.2) is 9.97 Å². The fraction of sp³-hybridized carbons (Fsp3) is 0.536. The van der Waals surface area contributed by atoms with E-state index < -0.39 is 0 Å². The molecule has 35 heavy (non-hydrogen) atoms. The van der Waals surface area contributed by atoms with Gasteiger partial charge < -0.3 is 10.2 Å². The van der Waals surface area contributed by atoms with Crippen molar-refractivity contribution in [3.63, 3.8) is 0 Å². The molecule has 7 heteroatoms. The van der Waals surface area contributed by atoms with Crippen LogP contribution in [0.2, 0.25) is 0 Å². The number of piperidine rings is 2. The Bertz CT molecular complexity index is 1150. The second-order valence-electron chi connectivity index (χ2n) is 10.2. The van der Waals surface area contributed by atoms with Crippen molar-refractivity contribution in [3.05, 3.63) is 52.7 Å². The maximum Gasteiger partial charge on any atom is 0.224 e. The first kappa shape index (κ1) is 24.2. The molecule has 0 saturated carbocycles. The largest absolute Gasteiger partial charge is 0.356 e. The van der Waals surface area contributed by atoms with Crippen LogP contribution in [0.1, 0.15) is 48.6 Å². The van der Waals surface area contributed by atoms with E-state index in [-0.39, 0.29) is 11.8 Å². The number of aromatic nitrogens is 2. The van der Waals surface area contributed by atoms with Crippen LogP contribution in [0.25, 0.3) is 10.2 Å². The molecule has 0 bridgehead atoms. The molecule has 0 spiro atoms. The minimum Gasteiger partial charge on any atom is -0.356 e. The van der Waals surface area contributed by atoms with Gasteiger partial charge in [0.15, 0.2) is 0 Å².